The highest BCUT2D eigenvalue weighted by molar-refractivity contribution is 8.01. The average Bonchev–Trinajstić information content (AvgIpc) is 2.15. The number of allylic oxidation sites excluding steroid dienone is 1. The Morgan fingerprint density at radius 3 is 2.54 bits per heavy atom. The molecule has 1 aromatic rings. The van der Waals surface area contributed by atoms with E-state index in [1.54, 1.807) is 5.41 Å². The molecule has 0 N–H and O–H groups in total. The third kappa shape index (κ3) is 3.03. The third-order valence-corrected chi connectivity index (χ3v) is 1.89. The smallest absolute Gasteiger partial charge is 0.186 e. The molecule has 13 heavy (non-hydrogen) atoms. The molecule has 0 aliphatic rings. The molecule has 0 unspecified atom stereocenters. The normalized spacial score (nSPS) is 10.6. The van der Waals surface area contributed by atoms with Crippen molar-refractivity contribution in [3.05, 3.63) is 47.1 Å². The Labute approximate surface area is 80.7 Å². The van der Waals surface area contributed by atoms with Crippen LogP contribution in [0.2, 0.25) is 0 Å². The first-order valence-corrected chi connectivity index (χ1v) is 5.02. The van der Waals surface area contributed by atoms with Crippen LogP contribution < -0.4 is 0 Å². The van der Waals surface area contributed by atoms with Gasteiger partial charge in [0.05, 0.1) is 0 Å². The van der Waals surface area contributed by atoms with Crippen molar-refractivity contribution in [3.8, 4) is 0 Å². The van der Waals surface area contributed by atoms with E-state index in [4.69, 9.17) is 0 Å². The number of benzene rings is 1. The second-order valence-electron chi connectivity index (χ2n) is 2.41. The summed E-state index contributed by atoms with van der Waals surface area (Å²) >= 11 is 1.45. The fourth-order valence-electron chi connectivity index (χ4n) is 0.840. The number of hydrogen-bond acceptors (Lipinski definition) is 2. The molecule has 0 atom stereocenters. The quantitative estimate of drug-likeness (QED) is 0.546. The van der Waals surface area contributed by atoms with Crippen molar-refractivity contribution < 1.29 is 9.18 Å². The van der Waals surface area contributed by atoms with Crippen LogP contribution in [0, 0.1) is 5.82 Å². The maximum atomic E-state index is 12.5. The van der Waals surface area contributed by atoms with Gasteiger partial charge >= 0.3 is 0 Å². The Morgan fingerprint density at radius 2 is 2.00 bits per heavy atom. The summed E-state index contributed by atoms with van der Waals surface area (Å²) in [4.78, 5) is 11.3. The predicted octanol–water partition coefficient (Wildman–Crippen LogP) is 2.89. The van der Waals surface area contributed by atoms with Crippen LogP contribution in [0.1, 0.15) is 10.4 Å². The van der Waals surface area contributed by atoms with Gasteiger partial charge in [0.1, 0.15) is 5.82 Å². The molecule has 3 heteroatoms. The lowest BCUT2D eigenvalue weighted by molar-refractivity contribution is 0.104. The van der Waals surface area contributed by atoms with Crippen molar-refractivity contribution in [2.45, 2.75) is 0 Å². The zero-order chi connectivity index (χ0) is 9.68. The van der Waals surface area contributed by atoms with E-state index in [1.807, 2.05) is 6.26 Å². The summed E-state index contributed by atoms with van der Waals surface area (Å²) in [6, 6.07) is 5.50. The van der Waals surface area contributed by atoms with E-state index in [9.17, 15) is 9.18 Å². The van der Waals surface area contributed by atoms with Gasteiger partial charge in [0.2, 0.25) is 0 Å². The summed E-state index contributed by atoms with van der Waals surface area (Å²) in [5, 5.41) is 1.70. The van der Waals surface area contributed by atoms with Crippen LogP contribution in [-0.2, 0) is 0 Å². The van der Waals surface area contributed by atoms with Gasteiger partial charge in [-0.1, -0.05) is 0 Å². The van der Waals surface area contributed by atoms with Crippen molar-refractivity contribution >= 4 is 17.5 Å². The van der Waals surface area contributed by atoms with E-state index in [0.29, 0.717) is 5.56 Å². The zero-order valence-electron chi connectivity index (χ0n) is 7.16. The number of carbonyl (C=O) groups excluding carboxylic acids is 1. The topological polar surface area (TPSA) is 17.1 Å². The standard InChI is InChI=1S/C10H9FOS/c1-13-7-6-10(12)8-2-4-9(11)5-3-8/h2-7H,1H3/b7-6+. The van der Waals surface area contributed by atoms with E-state index in [0.717, 1.165) is 0 Å². The van der Waals surface area contributed by atoms with E-state index in [-0.39, 0.29) is 11.6 Å². The molecule has 0 heterocycles. The summed E-state index contributed by atoms with van der Waals surface area (Å²) < 4.78 is 12.5. The lowest BCUT2D eigenvalue weighted by atomic mass is 10.1. The van der Waals surface area contributed by atoms with E-state index in [1.165, 1.54) is 42.1 Å². The van der Waals surface area contributed by atoms with Crippen LogP contribution in [-0.4, -0.2) is 12.0 Å². The van der Waals surface area contributed by atoms with Crippen molar-refractivity contribution in [2.24, 2.45) is 0 Å². The Bertz CT molecular complexity index is 316. The Kier molecular flexibility index (Phi) is 3.71. The van der Waals surface area contributed by atoms with Gasteiger partial charge in [0, 0.05) is 5.56 Å². The molecule has 0 aromatic heterocycles. The van der Waals surface area contributed by atoms with Gasteiger partial charge in [-0.25, -0.2) is 4.39 Å². The van der Waals surface area contributed by atoms with Gasteiger partial charge in [-0.15, -0.1) is 11.8 Å². The lowest BCUT2D eigenvalue weighted by Crippen LogP contribution is -1.93. The molecule has 0 aliphatic carbocycles. The Morgan fingerprint density at radius 1 is 1.38 bits per heavy atom. The summed E-state index contributed by atoms with van der Waals surface area (Å²) in [5.74, 6) is -0.431. The molecule has 0 saturated carbocycles. The van der Waals surface area contributed by atoms with Crippen LogP contribution in [0.5, 0.6) is 0 Å². The molecular formula is C10H9FOS. The predicted molar refractivity (Wildman–Crippen MR) is 53.4 cm³/mol. The minimum absolute atomic E-state index is 0.102. The van der Waals surface area contributed by atoms with Crippen LogP contribution in [0.15, 0.2) is 35.7 Å². The molecule has 0 saturated heterocycles. The maximum Gasteiger partial charge on any atom is 0.186 e. The summed E-state index contributed by atoms with van der Waals surface area (Å²) in [7, 11) is 0. The highest BCUT2D eigenvalue weighted by Gasteiger charge is 2.00. The van der Waals surface area contributed by atoms with Gasteiger partial charge in [-0.05, 0) is 42.0 Å². The molecule has 1 aromatic carbocycles. The Hall–Kier alpha value is -1.09. The fourth-order valence-corrected chi connectivity index (χ4v) is 1.10. The zero-order valence-corrected chi connectivity index (χ0v) is 7.98. The average molecular weight is 196 g/mol. The minimum atomic E-state index is -0.328. The summed E-state index contributed by atoms with van der Waals surface area (Å²) in [6.07, 6.45) is 3.34. The molecule has 0 radical (unpaired) electrons. The number of carbonyl (C=O) groups is 1. The number of thioether (sulfide) groups is 1. The first kappa shape index (κ1) is 9.99. The van der Waals surface area contributed by atoms with Crippen LogP contribution >= 0.6 is 11.8 Å². The number of halogens is 1. The van der Waals surface area contributed by atoms with Gasteiger partial charge in [0.15, 0.2) is 5.78 Å². The first-order valence-electron chi connectivity index (χ1n) is 3.73. The Balaban J connectivity index is 2.78. The number of hydrogen-bond donors (Lipinski definition) is 0. The summed E-state index contributed by atoms with van der Waals surface area (Å²) in [5.41, 5.74) is 0.506. The van der Waals surface area contributed by atoms with E-state index in [2.05, 4.69) is 0 Å². The number of ketones is 1. The van der Waals surface area contributed by atoms with Gasteiger partial charge < -0.3 is 0 Å². The van der Waals surface area contributed by atoms with Gasteiger partial charge in [-0.2, -0.15) is 0 Å². The van der Waals surface area contributed by atoms with Crippen LogP contribution in [0.4, 0.5) is 4.39 Å². The van der Waals surface area contributed by atoms with Crippen molar-refractivity contribution in [3.63, 3.8) is 0 Å². The molecule has 0 bridgehead atoms. The van der Waals surface area contributed by atoms with Gasteiger partial charge in [-0.3, -0.25) is 4.79 Å². The monoisotopic (exact) mass is 196 g/mol. The highest BCUT2D eigenvalue weighted by atomic mass is 32.2. The minimum Gasteiger partial charge on any atom is -0.289 e. The van der Waals surface area contributed by atoms with Crippen molar-refractivity contribution in [1.29, 1.82) is 0 Å². The molecule has 0 spiro atoms. The largest absolute Gasteiger partial charge is 0.289 e. The SMILES string of the molecule is CS/C=C/C(=O)c1ccc(F)cc1. The fraction of sp³-hybridized carbons (Fsp3) is 0.100. The van der Waals surface area contributed by atoms with E-state index < -0.39 is 0 Å². The summed E-state index contributed by atoms with van der Waals surface area (Å²) in [6.45, 7) is 0. The highest BCUT2D eigenvalue weighted by Crippen LogP contribution is 2.05. The lowest BCUT2D eigenvalue weighted by Gasteiger charge is -1.94. The molecule has 68 valence electrons. The maximum absolute atomic E-state index is 12.5. The second-order valence-corrected chi connectivity index (χ2v) is 3.15. The van der Waals surface area contributed by atoms with Gasteiger partial charge in [0.25, 0.3) is 0 Å². The molecular weight excluding hydrogens is 187 g/mol. The molecule has 0 aliphatic heterocycles. The first-order chi connectivity index (χ1) is 6.24. The van der Waals surface area contributed by atoms with Crippen molar-refractivity contribution in [1.82, 2.24) is 0 Å². The second kappa shape index (κ2) is 4.82. The van der Waals surface area contributed by atoms with Crippen LogP contribution in [0.25, 0.3) is 0 Å². The van der Waals surface area contributed by atoms with Crippen molar-refractivity contribution in [2.75, 3.05) is 6.26 Å². The third-order valence-electron chi connectivity index (χ3n) is 1.48. The molecule has 1 nitrogen and oxygen atoms in total. The molecule has 0 fully saturated rings. The van der Waals surface area contributed by atoms with E-state index >= 15 is 0 Å². The molecule has 0 amide bonds. The van der Waals surface area contributed by atoms with Crippen LogP contribution in [0.3, 0.4) is 0 Å². The number of rotatable bonds is 3. The molecule has 1 rings (SSSR count).